The molecule has 1 amide bonds. The third-order valence-electron chi connectivity index (χ3n) is 8.32. The van der Waals surface area contributed by atoms with Gasteiger partial charge in [0.2, 0.25) is 6.29 Å². The van der Waals surface area contributed by atoms with E-state index in [0.717, 1.165) is 34.0 Å². The number of aliphatic hydroxyl groups excluding tert-OH is 2. The fourth-order valence-electron chi connectivity index (χ4n) is 5.94. The second-order valence-corrected chi connectivity index (χ2v) is 17.2. The van der Waals surface area contributed by atoms with Crippen LogP contribution in [0.15, 0.2) is 43.0 Å². The van der Waals surface area contributed by atoms with Crippen molar-refractivity contribution in [2.24, 2.45) is 0 Å². The van der Waals surface area contributed by atoms with Gasteiger partial charge in [-0.1, -0.05) is 18.2 Å². The summed E-state index contributed by atoms with van der Waals surface area (Å²) in [5.74, 6) is -4.72. The minimum Gasteiger partial charge on any atom is -0.463 e. The molecule has 0 bridgehead atoms. The quantitative estimate of drug-likeness (QED) is 0.0741. The molecular weight excluding hydrogens is 871 g/mol. The molecule has 4 heterocycles. The number of nitrogens with one attached hydrogen (secondary N) is 1. The molecule has 28 heteroatoms. The molecule has 0 radical (unpaired) electrons. The highest BCUT2D eigenvalue weighted by Crippen LogP contribution is 2.62. The first-order valence-corrected chi connectivity index (χ1v) is 21.4. The summed E-state index contributed by atoms with van der Waals surface area (Å²) in [6.07, 6.45) is -17.0. The van der Waals surface area contributed by atoms with E-state index in [1.54, 1.807) is 30.3 Å². The molecule has 12 atom stereocenters. The maximum absolute atomic E-state index is 15.5. The number of aromatic nitrogens is 4. The second kappa shape index (κ2) is 19.5. The maximum atomic E-state index is 15.5. The van der Waals surface area contributed by atoms with Crippen LogP contribution in [0, 0.1) is 0 Å². The Morgan fingerprint density at radius 2 is 1.53 bits per heavy atom. The number of benzene rings is 1. The number of carbonyl (C=O) groups excluding carboxylic acids is 5. The number of hydrogen-bond acceptors (Lipinski definition) is 21. The molecular formula is C32H38FN5O19P2S. The van der Waals surface area contributed by atoms with E-state index in [1.165, 1.54) is 10.9 Å². The Labute approximate surface area is 343 Å². The summed E-state index contributed by atoms with van der Waals surface area (Å²) in [5.41, 5.74) is 0.468. The zero-order valence-electron chi connectivity index (χ0n) is 31.6. The lowest BCUT2D eigenvalue weighted by Gasteiger charge is -2.44. The highest BCUT2D eigenvalue weighted by atomic mass is 32.5. The maximum Gasteiger partial charge on any atom is 0.481 e. The van der Waals surface area contributed by atoms with Crippen molar-refractivity contribution in [3.63, 3.8) is 0 Å². The smallest absolute Gasteiger partial charge is 0.463 e. The van der Waals surface area contributed by atoms with Crippen molar-refractivity contribution in [2.45, 2.75) is 89.1 Å². The van der Waals surface area contributed by atoms with E-state index in [4.69, 9.17) is 48.8 Å². The minimum absolute atomic E-state index is 0.0141. The van der Waals surface area contributed by atoms with E-state index in [2.05, 4.69) is 25.0 Å². The zero-order chi connectivity index (χ0) is 44.1. The molecule has 1 aromatic carbocycles. The normalized spacial score (nSPS) is 27.8. The number of halogens is 1. The van der Waals surface area contributed by atoms with Gasteiger partial charge in [0.15, 0.2) is 47.7 Å². The number of aliphatic hydroxyl groups is 2. The number of carbonyl (C=O) groups is 5. The summed E-state index contributed by atoms with van der Waals surface area (Å²) in [5, 5.41) is 24.3. The number of phosphoric acid groups is 1. The number of alkyl halides is 1. The number of rotatable bonds is 16. The highest BCUT2D eigenvalue weighted by molar-refractivity contribution is 8.08. The first kappa shape index (κ1) is 46.6. The van der Waals surface area contributed by atoms with Gasteiger partial charge in [0, 0.05) is 33.3 Å². The van der Waals surface area contributed by atoms with Crippen LogP contribution in [-0.4, -0.2) is 138 Å². The van der Waals surface area contributed by atoms with E-state index in [1.807, 2.05) is 0 Å². The van der Waals surface area contributed by atoms with Gasteiger partial charge in [-0.25, -0.2) is 28.2 Å². The molecule has 2 fully saturated rings. The van der Waals surface area contributed by atoms with Crippen molar-refractivity contribution in [2.75, 3.05) is 18.5 Å². The molecule has 2 aliphatic rings. The second-order valence-electron chi connectivity index (χ2n) is 12.8. The average molecular weight is 910 g/mol. The standard InChI is InChI=1S/C32H38FN5O19P2S/c1-14(39)49-10-19(33)24-25(51-15(2)40)26(52-16(3)41)27(53-17(4)42)32(55-24)56-58(46,47)57-59(48,60)50-11-20-22(43)23(44)31(54-20)38-13-36-21-28(34-12-35-29(21)38)37-30(45)18-8-6-5-7-9-18/h5-9,12-13,19-20,22-27,31-32,43-44H,10-11H2,1-4H3,(H,46,47)(H,48,60)(H,34,35,37,45)/t19-,20?,22?,23?,24?,25?,26?,27?,31?,32?,59?/m0/s1. The first-order valence-electron chi connectivity index (χ1n) is 17.4. The van der Waals surface area contributed by atoms with Crippen LogP contribution in [-0.2, 0) is 77.3 Å². The van der Waals surface area contributed by atoms with E-state index in [9.17, 15) is 48.5 Å². The molecule has 0 aliphatic carbocycles. The van der Waals surface area contributed by atoms with Crippen molar-refractivity contribution in [3.05, 3.63) is 48.5 Å². The highest BCUT2D eigenvalue weighted by Gasteiger charge is 2.57. The van der Waals surface area contributed by atoms with Gasteiger partial charge < -0.3 is 58.3 Å². The number of nitrogens with zero attached hydrogens (tertiary/aromatic N) is 4. The van der Waals surface area contributed by atoms with Crippen LogP contribution in [0.25, 0.3) is 11.2 Å². The fourth-order valence-corrected chi connectivity index (χ4v) is 9.03. The molecule has 5 N–H and O–H groups in total. The van der Waals surface area contributed by atoms with Gasteiger partial charge in [0.1, 0.15) is 37.4 Å². The van der Waals surface area contributed by atoms with Crippen LogP contribution in [0.5, 0.6) is 0 Å². The molecule has 5 rings (SSSR count). The van der Waals surface area contributed by atoms with Crippen molar-refractivity contribution in [1.29, 1.82) is 0 Å². The van der Waals surface area contributed by atoms with Gasteiger partial charge in [-0.15, -0.1) is 0 Å². The SMILES string of the molecule is CC(=O)OC[C@H](F)C1OC(OP(=O)(O)OP(O)(=S)OCC2OC(n3cnc4c(NC(=O)c5ccccc5)ncnc43)C(O)C2O)C(OC(C)=O)C(OC(C)=O)C1OC(C)=O. The lowest BCUT2D eigenvalue weighted by molar-refractivity contribution is -0.296. The number of amides is 1. The molecule has 60 heavy (non-hydrogen) atoms. The van der Waals surface area contributed by atoms with Crippen molar-refractivity contribution < 1.29 is 94.7 Å². The van der Waals surface area contributed by atoms with Gasteiger partial charge in [0.25, 0.3) is 5.91 Å². The number of anilines is 1. The van der Waals surface area contributed by atoms with Crippen LogP contribution in [0.4, 0.5) is 10.2 Å². The van der Waals surface area contributed by atoms with E-state index >= 15 is 4.39 Å². The predicted molar refractivity (Wildman–Crippen MR) is 197 cm³/mol. The Morgan fingerprint density at radius 3 is 2.17 bits per heavy atom. The Balaban J connectivity index is 1.29. The minimum atomic E-state index is -5.77. The van der Waals surface area contributed by atoms with Gasteiger partial charge in [-0.2, -0.15) is 0 Å². The third-order valence-corrected chi connectivity index (χ3v) is 11.8. The summed E-state index contributed by atoms with van der Waals surface area (Å²) in [6, 6.07) is 8.21. The number of ether oxygens (including phenoxy) is 6. The number of hydrogen-bond donors (Lipinski definition) is 5. The summed E-state index contributed by atoms with van der Waals surface area (Å²) in [4.78, 5) is 94.2. The molecule has 0 saturated carbocycles. The van der Waals surface area contributed by atoms with Crippen molar-refractivity contribution in [1.82, 2.24) is 19.5 Å². The molecule has 24 nitrogen and oxygen atoms in total. The first-order chi connectivity index (χ1) is 28.2. The van der Waals surface area contributed by atoms with E-state index in [0.29, 0.717) is 5.56 Å². The lowest BCUT2D eigenvalue weighted by Crippen LogP contribution is -2.64. The van der Waals surface area contributed by atoms with Gasteiger partial charge >= 0.3 is 38.4 Å². The summed E-state index contributed by atoms with van der Waals surface area (Å²) in [7, 11) is -5.77. The van der Waals surface area contributed by atoms with Gasteiger partial charge in [-0.3, -0.25) is 33.1 Å². The zero-order valence-corrected chi connectivity index (χ0v) is 34.2. The Hall–Kier alpha value is -4.43. The molecule has 0 spiro atoms. The topological polar surface area (TPSA) is 322 Å². The summed E-state index contributed by atoms with van der Waals surface area (Å²) >= 11 is 4.87. The molecule has 2 saturated heterocycles. The van der Waals surface area contributed by atoms with Crippen LogP contribution < -0.4 is 5.32 Å². The number of esters is 4. The van der Waals surface area contributed by atoms with Crippen LogP contribution >= 0.6 is 14.5 Å². The molecule has 3 aromatic rings. The third kappa shape index (κ3) is 11.7. The van der Waals surface area contributed by atoms with Crippen molar-refractivity contribution in [3.8, 4) is 0 Å². The summed E-state index contributed by atoms with van der Waals surface area (Å²) in [6.45, 7) is -3.26. The van der Waals surface area contributed by atoms with Crippen molar-refractivity contribution >= 4 is 73.1 Å². The Kier molecular flexibility index (Phi) is 15.2. The van der Waals surface area contributed by atoms with Gasteiger partial charge in [-0.05, 0) is 23.9 Å². The number of fused-ring (bicyclic) bond motifs is 1. The van der Waals surface area contributed by atoms with E-state index < -0.39 is 119 Å². The Morgan fingerprint density at radius 1 is 0.900 bits per heavy atom. The van der Waals surface area contributed by atoms with E-state index in [-0.39, 0.29) is 17.0 Å². The predicted octanol–water partition coefficient (Wildman–Crippen LogP) is 0.486. The number of phosphoric ester groups is 1. The Bertz CT molecular complexity index is 2170. The van der Waals surface area contributed by atoms with Crippen LogP contribution in [0.3, 0.4) is 0 Å². The molecule has 2 aromatic heterocycles. The number of imidazole rings is 1. The average Bonchev–Trinajstić information content (AvgIpc) is 3.71. The fraction of sp³-hybridized carbons (Fsp3) is 0.500. The van der Waals surface area contributed by atoms with Gasteiger partial charge in [0.05, 0.1) is 12.9 Å². The largest absolute Gasteiger partial charge is 0.481 e. The lowest BCUT2D eigenvalue weighted by atomic mass is 9.95. The van der Waals surface area contributed by atoms with Crippen LogP contribution in [0.1, 0.15) is 44.3 Å². The van der Waals surface area contributed by atoms with Crippen LogP contribution in [0.2, 0.25) is 0 Å². The monoisotopic (exact) mass is 909 g/mol. The molecule has 11 unspecified atom stereocenters. The molecule has 328 valence electrons. The molecule has 2 aliphatic heterocycles. The summed E-state index contributed by atoms with van der Waals surface area (Å²) < 4.78 is 76.2.